The van der Waals surface area contributed by atoms with Crippen molar-refractivity contribution in [1.29, 1.82) is 0 Å². The number of hydrogen-bond donors (Lipinski definition) is 1. The lowest BCUT2D eigenvalue weighted by Gasteiger charge is -2.31. The number of ether oxygens (including phenoxy) is 1. The number of carbonyl (C=O) groups is 1. The number of carboxylic acid groups (broad SMARTS) is 1. The predicted octanol–water partition coefficient (Wildman–Crippen LogP) is 7.76. The fourth-order valence-electron chi connectivity index (χ4n) is 9.11. The van der Waals surface area contributed by atoms with Crippen LogP contribution in [0.2, 0.25) is 0 Å². The molecule has 64 heavy (non-hydrogen) atoms. The molecule has 2 aliphatic rings. The highest BCUT2D eigenvalue weighted by atomic mass is 32.2. The van der Waals surface area contributed by atoms with E-state index in [1.54, 1.807) is 13.2 Å². The van der Waals surface area contributed by atoms with Crippen molar-refractivity contribution in [3.05, 3.63) is 120 Å². The maximum Gasteiger partial charge on any atom is 0.303 e. The van der Waals surface area contributed by atoms with Crippen molar-refractivity contribution in [2.24, 2.45) is 0 Å². The number of unbranched alkanes of at least 4 members (excludes halogenated alkanes) is 2. The molecular formula is C47H54N2O12S3-2. The Balaban J connectivity index is 0.00000771. The Hall–Kier alpha value is -5.01. The van der Waals surface area contributed by atoms with Crippen molar-refractivity contribution < 1.29 is 58.1 Å². The summed E-state index contributed by atoms with van der Waals surface area (Å²) in [7, 11) is -13.2. The smallest absolute Gasteiger partial charge is 0.303 e. The standard InChI is InChI=1S/C46H52N2O12S3.CH4/c1-45(2)40(47(26-14-8-11-20-42(49)50)37-24-22-35-36(43(37)45)30-33(62(54,55)56)31-39(35)63(57,58)59)18-9-6-5-7-10-19-41-46(3,25-15-29-61(51,52)53)44-34-17-13-12-16-32(34)21-23-38(44)48(41)27-28-60-4;/h5-7,9-10,12-13,16-19,21-24,30-31H,8,11,14-15,20,25-29H2,1-4H3,(H3-,49,50,51,52,53,54,55,56,57,58,59);1H4/p-2. The van der Waals surface area contributed by atoms with Crippen LogP contribution in [-0.4, -0.2) is 92.8 Å². The van der Waals surface area contributed by atoms with Gasteiger partial charge in [0.1, 0.15) is 26.8 Å². The van der Waals surface area contributed by atoms with E-state index in [0.29, 0.717) is 62.7 Å². The van der Waals surface area contributed by atoms with Crippen LogP contribution in [0.3, 0.4) is 0 Å². The Bertz CT molecular complexity index is 2950. The summed E-state index contributed by atoms with van der Waals surface area (Å²) in [5.41, 5.74) is 3.28. The van der Waals surface area contributed by atoms with Gasteiger partial charge in [-0.3, -0.25) is 4.79 Å². The number of methoxy groups -OCH3 is 1. The Labute approximate surface area is 376 Å². The van der Waals surface area contributed by atoms with Crippen molar-refractivity contribution in [1.82, 2.24) is 0 Å². The van der Waals surface area contributed by atoms with Crippen molar-refractivity contribution in [2.75, 3.05) is 37.5 Å². The van der Waals surface area contributed by atoms with E-state index in [9.17, 15) is 43.7 Å². The lowest BCUT2D eigenvalue weighted by Crippen LogP contribution is -2.31. The highest BCUT2D eigenvalue weighted by Gasteiger charge is 2.46. The second kappa shape index (κ2) is 19.6. The summed E-state index contributed by atoms with van der Waals surface area (Å²) in [6, 6.07) is 16.9. The average Bonchev–Trinajstić information content (AvgIpc) is 3.57. The fourth-order valence-corrected chi connectivity index (χ4v) is 10.9. The minimum absolute atomic E-state index is 0. The Kier molecular flexibility index (Phi) is 15.3. The van der Waals surface area contributed by atoms with Crippen LogP contribution in [0.5, 0.6) is 0 Å². The molecule has 1 atom stereocenters. The number of anilines is 1. The zero-order chi connectivity index (χ0) is 46.0. The van der Waals surface area contributed by atoms with Gasteiger partial charge in [-0.15, -0.1) is 0 Å². The van der Waals surface area contributed by atoms with E-state index in [1.165, 1.54) is 6.07 Å². The van der Waals surface area contributed by atoms with E-state index in [0.717, 1.165) is 39.5 Å². The van der Waals surface area contributed by atoms with Gasteiger partial charge in [-0.1, -0.05) is 68.1 Å². The molecule has 0 aliphatic carbocycles. The second-order valence-electron chi connectivity index (χ2n) is 16.5. The summed E-state index contributed by atoms with van der Waals surface area (Å²) in [5, 5.41) is 11.3. The fraction of sp³-hybridized carbons (Fsp3) is 0.362. The van der Waals surface area contributed by atoms with Gasteiger partial charge in [0.05, 0.1) is 31.9 Å². The third kappa shape index (κ3) is 10.6. The molecule has 2 aliphatic heterocycles. The van der Waals surface area contributed by atoms with Gasteiger partial charge in [-0.05, 0) is 98.5 Å². The first-order valence-corrected chi connectivity index (χ1v) is 24.8. The second-order valence-corrected chi connectivity index (χ2v) is 20.7. The molecule has 0 saturated carbocycles. The minimum atomic E-state index is -5.20. The highest BCUT2D eigenvalue weighted by molar-refractivity contribution is 7.86. The average molecular weight is 935 g/mol. The summed E-state index contributed by atoms with van der Waals surface area (Å²) in [5.74, 6) is -1.38. The molecule has 0 bridgehead atoms. The first-order chi connectivity index (χ1) is 29.6. The number of fused-ring (bicyclic) bond motifs is 6. The van der Waals surface area contributed by atoms with Gasteiger partial charge >= 0.3 is 5.97 Å². The normalized spacial score (nSPS) is 18.3. The van der Waals surface area contributed by atoms with Crippen molar-refractivity contribution in [2.45, 2.75) is 87.3 Å². The quantitative estimate of drug-likeness (QED) is 0.0411. The van der Waals surface area contributed by atoms with Crippen LogP contribution in [0, 0.1) is 0 Å². The number of nitrogens with zero attached hydrogens (tertiary/aromatic N) is 2. The Morgan fingerprint density at radius 1 is 0.797 bits per heavy atom. The van der Waals surface area contributed by atoms with Crippen LogP contribution >= 0.6 is 0 Å². The molecule has 0 fully saturated rings. The molecule has 0 amide bonds. The lowest BCUT2D eigenvalue weighted by molar-refractivity contribution is -0.438. The summed E-state index contributed by atoms with van der Waals surface area (Å²) in [4.78, 5) is 11.7. The van der Waals surface area contributed by atoms with Crippen molar-refractivity contribution in [3.8, 4) is 0 Å². The molecule has 1 N–H and O–H groups in total. The molecule has 6 rings (SSSR count). The number of rotatable bonds is 19. The van der Waals surface area contributed by atoms with E-state index < -0.39 is 62.7 Å². The van der Waals surface area contributed by atoms with Crippen molar-refractivity contribution in [3.63, 3.8) is 0 Å². The largest absolute Gasteiger partial charge is 0.748 e. The predicted molar refractivity (Wildman–Crippen MR) is 245 cm³/mol. The van der Waals surface area contributed by atoms with Gasteiger partial charge in [0, 0.05) is 72.1 Å². The molecular weight excluding hydrogens is 881 g/mol. The van der Waals surface area contributed by atoms with Crippen LogP contribution in [0.25, 0.3) is 21.5 Å². The van der Waals surface area contributed by atoms with E-state index in [-0.39, 0.29) is 31.0 Å². The highest BCUT2D eigenvalue weighted by Crippen LogP contribution is 2.53. The first kappa shape index (κ1) is 50.0. The molecule has 0 radical (unpaired) electrons. The molecule has 0 spiro atoms. The van der Waals surface area contributed by atoms with Gasteiger partial charge in [0.25, 0.3) is 0 Å². The van der Waals surface area contributed by atoms with Crippen LogP contribution < -0.4 is 4.90 Å². The number of carboxylic acids is 1. The Morgan fingerprint density at radius 3 is 2.17 bits per heavy atom. The summed E-state index contributed by atoms with van der Waals surface area (Å²) in [6.07, 6.45) is 15.3. The molecule has 4 aromatic carbocycles. The molecule has 14 nitrogen and oxygen atoms in total. The van der Waals surface area contributed by atoms with Crippen LogP contribution in [0.4, 0.5) is 11.4 Å². The van der Waals surface area contributed by atoms with E-state index >= 15 is 0 Å². The zero-order valence-electron chi connectivity index (χ0n) is 35.4. The lowest BCUT2D eigenvalue weighted by atomic mass is 9.76. The molecule has 2 heterocycles. The Morgan fingerprint density at radius 2 is 1.50 bits per heavy atom. The third-order valence-electron chi connectivity index (χ3n) is 11.9. The van der Waals surface area contributed by atoms with Gasteiger partial charge in [-0.25, -0.2) is 25.3 Å². The minimum Gasteiger partial charge on any atom is -0.748 e. The molecule has 4 aromatic rings. The number of hydrogen-bond acceptors (Lipinski definition) is 12. The van der Waals surface area contributed by atoms with Crippen LogP contribution in [0.15, 0.2) is 119 Å². The number of allylic oxidation sites excluding steroid dienone is 8. The van der Waals surface area contributed by atoms with Gasteiger partial charge < -0.3 is 28.4 Å². The SMILES string of the molecule is C.COCCN1C(=CC=CC=CC=CC2=[N+](CCCCCC(=O)O)c3ccc4c(S(=O)(=O)[O-])cc(S(=O)(=O)[O-])cc4c3C2(C)C)C(C)(CCCS(=O)(=O)[O-])c2c1ccc1ccccc21. The monoisotopic (exact) mass is 934 g/mol. The van der Waals surface area contributed by atoms with Gasteiger partial charge in [0.15, 0.2) is 5.71 Å². The molecule has 17 heteroatoms. The molecule has 344 valence electrons. The zero-order valence-corrected chi connectivity index (χ0v) is 37.9. The molecule has 1 unspecified atom stereocenters. The molecule has 0 aromatic heterocycles. The first-order valence-electron chi connectivity index (χ1n) is 20.4. The summed E-state index contributed by atoms with van der Waals surface area (Å²) in [6.45, 7) is 7.20. The van der Waals surface area contributed by atoms with Gasteiger partial charge in [-0.2, -0.15) is 4.58 Å². The maximum absolute atomic E-state index is 12.4. The van der Waals surface area contributed by atoms with Gasteiger partial charge in [0.2, 0.25) is 5.69 Å². The maximum atomic E-state index is 12.4. The van der Waals surface area contributed by atoms with E-state index in [1.807, 2.05) is 85.2 Å². The van der Waals surface area contributed by atoms with Crippen molar-refractivity contribution >= 4 is 75.0 Å². The van der Waals surface area contributed by atoms with E-state index in [4.69, 9.17) is 9.84 Å². The number of aliphatic carboxylic acids is 1. The topological polar surface area (TPSA) is 224 Å². The van der Waals surface area contributed by atoms with Crippen LogP contribution in [0.1, 0.15) is 77.8 Å². The summed E-state index contributed by atoms with van der Waals surface area (Å²) >= 11 is 0. The van der Waals surface area contributed by atoms with E-state index in [2.05, 4.69) is 24.0 Å². The summed E-state index contributed by atoms with van der Waals surface area (Å²) < 4.78 is 116. The number of benzene rings is 4. The third-order valence-corrected chi connectivity index (χ3v) is 14.4. The van der Waals surface area contributed by atoms with Crippen LogP contribution in [-0.2, 0) is 50.7 Å². The molecule has 0 saturated heterocycles.